The van der Waals surface area contributed by atoms with Gasteiger partial charge in [-0.3, -0.25) is 4.79 Å². The van der Waals surface area contributed by atoms with Gasteiger partial charge in [-0.2, -0.15) is 0 Å². The van der Waals surface area contributed by atoms with Crippen LogP contribution in [0.3, 0.4) is 0 Å². The summed E-state index contributed by atoms with van der Waals surface area (Å²) < 4.78 is 0. The lowest BCUT2D eigenvalue weighted by atomic mass is 9.99. The molecule has 5 heteroatoms. The number of carbonyl (C=O) groups excluding carboxylic acids is 1. The third-order valence-electron chi connectivity index (χ3n) is 10.2. The van der Waals surface area contributed by atoms with Crippen molar-refractivity contribution in [2.45, 2.75) is 257 Å². The molecule has 3 atom stereocenters. The highest BCUT2D eigenvalue weighted by atomic mass is 16.3. The lowest BCUT2D eigenvalue weighted by Crippen LogP contribution is -2.50. The summed E-state index contributed by atoms with van der Waals surface area (Å²) in [6.07, 6.45) is 42.1. The van der Waals surface area contributed by atoms with Crippen molar-refractivity contribution in [1.29, 1.82) is 0 Å². The van der Waals surface area contributed by atoms with Gasteiger partial charge in [-0.1, -0.05) is 219 Å². The van der Waals surface area contributed by atoms with Crippen LogP contribution in [0.2, 0.25) is 0 Å². The van der Waals surface area contributed by atoms with Crippen LogP contribution in [0.25, 0.3) is 0 Å². The van der Waals surface area contributed by atoms with E-state index in [2.05, 4.69) is 19.2 Å². The Morgan fingerprint density at radius 3 is 1.02 bits per heavy atom. The number of hydrogen-bond donors (Lipinski definition) is 4. The first kappa shape index (κ1) is 46.4. The predicted octanol–water partition coefficient (Wildman–Crippen LogP) is 11.9. The largest absolute Gasteiger partial charge is 0.394 e. The second-order valence-electron chi connectivity index (χ2n) is 14.9. The van der Waals surface area contributed by atoms with E-state index in [4.69, 9.17) is 0 Å². The molecule has 0 saturated heterocycles. The van der Waals surface area contributed by atoms with E-state index in [1.165, 1.54) is 173 Å². The number of amides is 1. The van der Waals surface area contributed by atoms with E-state index in [1.54, 1.807) is 0 Å². The summed E-state index contributed by atoms with van der Waals surface area (Å²) in [5.41, 5.74) is 0. The highest BCUT2D eigenvalue weighted by Gasteiger charge is 2.26. The number of aliphatic hydroxyl groups excluding tert-OH is 3. The lowest BCUT2D eigenvalue weighted by molar-refractivity contribution is -0.124. The summed E-state index contributed by atoms with van der Waals surface area (Å²) in [7, 11) is 0. The minimum Gasteiger partial charge on any atom is -0.394 e. The summed E-state index contributed by atoms with van der Waals surface area (Å²) in [5, 5.41) is 33.4. The van der Waals surface area contributed by atoms with Gasteiger partial charge in [0.25, 0.3) is 0 Å². The summed E-state index contributed by atoms with van der Waals surface area (Å²) in [5.74, 6) is -0.141. The first-order valence-corrected chi connectivity index (χ1v) is 21.3. The molecule has 47 heavy (non-hydrogen) atoms. The summed E-state index contributed by atoms with van der Waals surface area (Å²) >= 11 is 0. The van der Waals surface area contributed by atoms with E-state index in [0.29, 0.717) is 12.8 Å². The third kappa shape index (κ3) is 33.6. The molecular formula is C42H85NO4. The Balaban J connectivity index is 3.54. The Bertz CT molecular complexity index is 615. The van der Waals surface area contributed by atoms with Gasteiger partial charge in [-0.15, -0.1) is 0 Å². The van der Waals surface area contributed by atoms with Crippen molar-refractivity contribution in [3.8, 4) is 0 Å². The average molecular weight is 668 g/mol. The standard InChI is InChI=1S/C42H85NO4/c1-3-5-7-9-11-13-15-16-17-18-19-20-21-22-23-24-25-27-29-31-33-35-37-41(46)43-39(38-44)42(47)40(45)36-34-32-30-28-26-14-12-10-8-6-4-2/h39-40,42,44-45,47H,3-38H2,1-2H3,(H,43,46)/t39-,40+,42-/m0/s1. The topological polar surface area (TPSA) is 89.8 Å². The summed E-state index contributed by atoms with van der Waals surface area (Å²) in [4.78, 5) is 12.4. The number of hydrogen-bond acceptors (Lipinski definition) is 4. The van der Waals surface area contributed by atoms with Gasteiger partial charge in [0.15, 0.2) is 0 Å². The normalized spacial score (nSPS) is 13.6. The third-order valence-corrected chi connectivity index (χ3v) is 10.2. The van der Waals surface area contributed by atoms with Crippen molar-refractivity contribution in [3.05, 3.63) is 0 Å². The van der Waals surface area contributed by atoms with Crippen molar-refractivity contribution in [3.63, 3.8) is 0 Å². The highest BCUT2D eigenvalue weighted by molar-refractivity contribution is 5.76. The molecule has 0 aromatic heterocycles. The summed E-state index contributed by atoms with van der Waals surface area (Å²) in [6, 6.07) is -0.801. The molecule has 0 rings (SSSR count). The zero-order chi connectivity index (χ0) is 34.5. The molecule has 0 radical (unpaired) electrons. The second-order valence-corrected chi connectivity index (χ2v) is 14.9. The monoisotopic (exact) mass is 668 g/mol. The maximum Gasteiger partial charge on any atom is 0.220 e. The fourth-order valence-electron chi connectivity index (χ4n) is 6.87. The minimum absolute atomic E-state index is 0.141. The smallest absolute Gasteiger partial charge is 0.220 e. The van der Waals surface area contributed by atoms with E-state index in [0.717, 1.165) is 38.5 Å². The van der Waals surface area contributed by atoms with Crippen molar-refractivity contribution < 1.29 is 20.1 Å². The molecule has 0 aromatic rings. The van der Waals surface area contributed by atoms with E-state index in [9.17, 15) is 20.1 Å². The van der Waals surface area contributed by atoms with Gasteiger partial charge >= 0.3 is 0 Å². The van der Waals surface area contributed by atoms with Gasteiger partial charge in [-0.25, -0.2) is 0 Å². The van der Waals surface area contributed by atoms with Gasteiger partial charge in [0, 0.05) is 6.42 Å². The second kappa shape index (κ2) is 38.2. The first-order chi connectivity index (χ1) is 23.1. The maximum absolute atomic E-state index is 12.4. The maximum atomic E-state index is 12.4. The quantitative estimate of drug-likeness (QED) is 0.0491. The fraction of sp³-hybridized carbons (Fsp3) is 0.976. The Morgan fingerprint density at radius 1 is 0.447 bits per heavy atom. The molecular weight excluding hydrogens is 582 g/mol. The molecule has 1 amide bonds. The van der Waals surface area contributed by atoms with Gasteiger partial charge < -0.3 is 20.6 Å². The molecule has 0 aliphatic carbocycles. The molecule has 282 valence electrons. The van der Waals surface area contributed by atoms with Crippen LogP contribution in [0.15, 0.2) is 0 Å². The highest BCUT2D eigenvalue weighted by Crippen LogP contribution is 2.17. The van der Waals surface area contributed by atoms with Crippen molar-refractivity contribution >= 4 is 5.91 Å². The van der Waals surface area contributed by atoms with Gasteiger partial charge in [-0.05, 0) is 12.8 Å². The van der Waals surface area contributed by atoms with Crippen LogP contribution in [-0.4, -0.2) is 46.1 Å². The van der Waals surface area contributed by atoms with Crippen LogP contribution in [-0.2, 0) is 4.79 Å². The molecule has 0 bridgehead atoms. The van der Waals surface area contributed by atoms with E-state index < -0.39 is 18.2 Å². The van der Waals surface area contributed by atoms with Crippen molar-refractivity contribution in [1.82, 2.24) is 5.32 Å². The summed E-state index contributed by atoms with van der Waals surface area (Å²) in [6.45, 7) is 4.18. The Labute approximate surface area is 294 Å². The number of nitrogens with one attached hydrogen (secondary N) is 1. The molecule has 0 saturated carbocycles. The Hall–Kier alpha value is -0.650. The van der Waals surface area contributed by atoms with Crippen LogP contribution >= 0.6 is 0 Å². The molecule has 0 unspecified atom stereocenters. The zero-order valence-corrected chi connectivity index (χ0v) is 31.9. The molecule has 0 aromatic carbocycles. The van der Waals surface area contributed by atoms with E-state index in [-0.39, 0.29) is 12.5 Å². The predicted molar refractivity (Wildman–Crippen MR) is 204 cm³/mol. The number of carbonyl (C=O) groups is 1. The molecule has 4 N–H and O–H groups in total. The van der Waals surface area contributed by atoms with Crippen LogP contribution in [0.1, 0.15) is 239 Å². The van der Waals surface area contributed by atoms with E-state index in [1.807, 2.05) is 0 Å². The number of unbranched alkanes of at least 4 members (excludes halogenated alkanes) is 31. The Kier molecular flexibility index (Phi) is 37.6. The minimum atomic E-state index is -1.13. The van der Waals surface area contributed by atoms with Crippen molar-refractivity contribution in [2.24, 2.45) is 0 Å². The molecule has 5 nitrogen and oxygen atoms in total. The molecule has 0 fully saturated rings. The lowest BCUT2D eigenvalue weighted by Gasteiger charge is -2.26. The number of aliphatic hydroxyl groups is 3. The van der Waals surface area contributed by atoms with Gasteiger partial charge in [0.2, 0.25) is 5.91 Å². The number of rotatable bonds is 39. The van der Waals surface area contributed by atoms with Crippen LogP contribution in [0, 0.1) is 0 Å². The average Bonchev–Trinajstić information content (AvgIpc) is 3.07. The van der Waals surface area contributed by atoms with Crippen molar-refractivity contribution in [2.75, 3.05) is 6.61 Å². The van der Waals surface area contributed by atoms with Crippen LogP contribution < -0.4 is 5.32 Å². The molecule has 0 aliphatic rings. The molecule has 0 spiro atoms. The fourth-order valence-corrected chi connectivity index (χ4v) is 6.87. The van der Waals surface area contributed by atoms with E-state index >= 15 is 0 Å². The first-order valence-electron chi connectivity index (χ1n) is 21.3. The zero-order valence-electron chi connectivity index (χ0n) is 31.9. The Morgan fingerprint density at radius 2 is 0.723 bits per heavy atom. The van der Waals surface area contributed by atoms with Crippen LogP contribution in [0.4, 0.5) is 0 Å². The molecule has 0 heterocycles. The van der Waals surface area contributed by atoms with Gasteiger partial charge in [0.1, 0.15) is 6.10 Å². The molecule has 0 aliphatic heterocycles. The van der Waals surface area contributed by atoms with Gasteiger partial charge in [0.05, 0.1) is 18.8 Å². The SMILES string of the molecule is CCCCCCCCCCCCCCCCCCCCCCCCC(=O)N[C@@H](CO)[C@H](O)[C@H](O)CCCCCCCCCCCCC. The van der Waals surface area contributed by atoms with Crippen LogP contribution in [0.5, 0.6) is 0 Å².